The second kappa shape index (κ2) is 7.06. The van der Waals surface area contributed by atoms with E-state index in [2.05, 4.69) is 4.98 Å². The molecule has 0 aliphatic heterocycles. The summed E-state index contributed by atoms with van der Waals surface area (Å²) in [5.41, 5.74) is 0.683. The molecular weight excluding hydrogens is 332 g/mol. The number of fused-ring (bicyclic) bond motifs is 1. The van der Waals surface area contributed by atoms with Crippen molar-refractivity contribution in [3.63, 3.8) is 0 Å². The molecule has 2 aromatic carbocycles. The van der Waals surface area contributed by atoms with Gasteiger partial charge < -0.3 is 4.74 Å². The first-order chi connectivity index (χ1) is 11.1. The van der Waals surface area contributed by atoms with E-state index in [1.807, 2.05) is 30.3 Å². The van der Waals surface area contributed by atoms with Gasteiger partial charge in [-0.05, 0) is 30.3 Å². The minimum Gasteiger partial charge on any atom is -0.493 e. The smallest absolute Gasteiger partial charge is 0.261 e. The van der Waals surface area contributed by atoms with Crippen molar-refractivity contribution in [3.05, 3.63) is 63.9 Å². The topological polar surface area (TPSA) is 44.1 Å². The Hall–Kier alpha value is -1.98. The minimum atomic E-state index is -0.0335. The van der Waals surface area contributed by atoms with E-state index >= 15 is 0 Å². The maximum atomic E-state index is 12.3. The molecule has 6 heteroatoms. The monoisotopic (exact) mass is 346 g/mol. The molecule has 0 fully saturated rings. The molecule has 0 amide bonds. The van der Waals surface area contributed by atoms with Gasteiger partial charge in [-0.3, -0.25) is 9.36 Å². The molecule has 0 aliphatic rings. The van der Waals surface area contributed by atoms with Crippen LogP contribution in [-0.2, 0) is 7.05 Å². The molecule has 0 radical (unpaired) electrons. The highest BCUT2D eigenvalue weighted by molar-refractivity contribution is 7.99. The van der Waals surface area contributed by atoms with Crippen LogP contribution in [0.4, 0.5) is 0 Å². The molecule has 3 aromatic rings. The van der Waals surface area contributed by atoms with Crippen LogP contribution in [0.2, 0.25) is 5.02 Å². The molecule has 0 saturated carbocycles. The van der Waals surface area contributed by atoms with E-state index in [0.717, 1.165) is 5.75 Å². The van der Waals surface area contributed by atoms with Gasteiger partial charge in [0.05, 0.1) is 17.5 Å². The zero-order chi connectivity index (χ0) is 16.2. The average molecular weight is 347 g/mol. The van der Waals surface area contributed by atoms with E-state index in [1.165, 1.54) is 11.8 Å². The van der Waals surface area contributed by atoms with Crippen LogP contribution in [-0.4, -0.2) is 21.9 Å². The SMILES string of the molecule is Cn1c(SCCOc2cccc(Cl)c2)nc2ccccc2c1=O. The molecule has 118 valence electrons. The third kappa shape index (κ3) is 3.68. The van der Waals surface area contributed by atoms with Crippen LogP contribution in [0.3, 0.4) is 0 Å². The van der Waals surface area contributed by atoms with E-state index in [1.54, 1.807) is 29.8 Å². The number of aromatic nitrogens is 2. The Labute approximate surface area is 143 Å². The molecule has 4 nitrogen and oxygen atoms in total. The number of hydrogen-bond donors (Lipinski definition) is 0. The fraction of sp³-hybridized carbons (Fsp3) is 0.176. The lowest BCUT2D eigenvalue weighted by atomic mass is 10.2. The normalized spacial score (nSPS) is 10.9. The van der Waals surface area contributed by atoms with E-state index in [0.29, 0.717) is 33.4 Å². The summed E-state index contributed by atoms with van der Waals surface area (Å²) < 4.78 is 7.22. The molecule has 1 aromatic heterocycles. The number of benzene rings is 2. The van der Waals surface area contributed by atoms with Gasteiger partial charge in [0.1, 0.15) is 5.75 Å². The number of nitrogens with zero attached hydrogens (tertiary/aromatic N) is 2. The molecule has 0 unspecified atom stereocenters. The minimum absolute atomic E-state index is 0.0335. The summed E-state index contributed by atoms with van der Waals surface area (Å²) in [4.78, 5) is 16.8. The fourth-order valence-electron chi connectivity index (χ4n) is 2.18. The van der Waals surface area contributed by atoms with Crippen molar-refractivity contribution in [2.45, 2.75) is 5.16 Å². The molecule has 0 N–H and O–H groups in total. The van der Waals surface area contributed by atoms with Crippen LogP contribution < -0.4 is 10.3 Å². The number of rotatable bonds is 5. The molecule has 3 rings (SSSR count). The summed E-state index contributed by atoms with van der Waals surface area (Å²) in [6.07, 6.45) is 0. The first-order valence-electron chi connectivity index (χ1n) is 7.12. The maximum Gasteiger partial charge on any atom is 0.261 e. The van der Waals surface area contributed by atoms with Gasteiger partial charge in [0.25, 0.3) is 5.56 Å². The van der Waals surface area contributed by atoms with Crippen LogP contribution >= 0.6 is 23.4 Å². The van der Waals surface area contributed by atoms with Crippen molar-refractivity contribution in [1.29, 1.82) is 0 Å². The molecule has 1 heterocycles. The van der Waals surface area contributed by atoms with Gasteiger partial charge in [-0.25, -0.2) is 4.98 Å². The lowest BCUT2D eigenvalue weighted by Crippen LogP contribution is -2.20. The highest BCUT2D eigenvalue weighted by Gasteiger charge is 2.08. The molecular formula is C17H15ClN2O2S. The van der Waals surface area contributed by atoms with Crippen LogP contribution in [0, 0.1) is 0 Å². The zero-order valence-electron chi connectivity index (χ0n) is 12.5. The number of hydrogen-bond acceptors (Lipinski definition) is 4. The van der Waals surface area contributed by atoms with Crippen molar-refractivity contribution < 1.29 is 4.74 Å². The molecule has 23 heavy (non-hydrogen) atoms. The quantitative estimate of drug-likeness (QED) is 0.401. The number of para-hydroxylation sites is 1. The zero-order valence-corrected chi connectivity index (χ0v) is 14.1. The first kappa shape index (κ1) is 15.9. The predicted molar refractivity (Wildman–Crippen MR) is 94.7 cm³/mol. The van der Waals surface area contributed by atoms with Crippen molar-refractivity contribution in [1.82, 2.24) is 9.55 Å². The third-order valence-corrected chi connectivity index (χ3v) is 4.55. The van der Waals surface area contributed by atoms with Crippen LogP contribution in [0.25, 0.3) is 10.9 Å². The highest BCUT2D eigenvalue weighted by Crippen LogP contribution is 2.19. The largest absolute Gasteiger partial charge is 0.493 e. The summed E-state index contributed by atoms with van der Waals surface area (Å²) in [5, 5.41) is 1.96. The van der Waals surface area contributed by atoms with E-state index in [-0.39, 0.29) is 5.56 Å². The Balaban J connectivity index is 1.68. The van der Waals surface area contributed by atoms with E-state index < -0.39 is 0 Å². The standard InChI is InChI=1S/C17H15ClN2O2S/c1-20-16(21)14-7-2-3-8-15(14)19-17(20)23-10-9-22-13-6-4-5-12(18)11-13/h2-8,11H,9-10H2,1H3. The Bertz CT molecular complexity index is 895. The lowest BCUT2D eigenvalue weighted by Gasteiger charge is -2.09. The average Bonchev–Trinajstić information content (AvgIpc) is 2.56. The van der Waals surface area contributed by atoms with E-state index in [4.69, 9.17) is 16.3 Å². The van der Waals surface area contributed by atoms with Crippen molar-refractivity contribution >= 4 is 34.3 Å². The van der Waals surface area contributed by atoms with Crippen LogP contribution in [0.15, 0.2) is 58.5 Å². The molecule has 0 bridgehead atoms. The Morgan fingerprint density at radius 1 is 1.22 bits per heavy atom. The van der Waals surface area contributed by atoms with Gasteiger partial charge in [-0.15, -0.1) is 0 Å². The summed E-state index contributed by atoms with van der Waals surface area (Å²) in [6.45, 7) is 0.508. The Kier molecular flexibility index (Phi) is 4.88. The third-order valence-electron chi connectivity index (χ3n) is 3.32. The summed E-state index contributed by atoms with van der Waals surface area (Å²) in [6, 6.07) is 14.7. The Morgan fingerprint density at radius 2 is 2.04 bits per heavy atom. The number of thioether (sulfide) groups is 1. The second-order valence-electron chi connectivity index (χ2n) is 4.93. The number of halogens is 1. The highest BCUT2D eigenvalue weighted by atomic mass is 35.5. The van der Waals surface area contributed by atoms with Gasteiger partial charge in [0.2, 0.25) is 0 Å². The van der Waals surface area contributed by atoms with Crippen LogP contribution in [0.5, 0.6) is 5.75 Å². The first-order valence-corrected chi connectivity index (χ1v) is 8.48. The van der Waals surface area contributed by atoms with Crippen molar-refractivity contribution in [2.24, 2.45) is 7.05 Å². The maximum absolute atomic E-state index is 12.3. The van der Waals surface area contributed by atoms with Gasteiger partial charge in [0.15, 0.2) is 5.16 Å². The van der Waals surface area contributed by atoms with Crippen molar-refractivity contribution in [3.8, 4) is 5.75 Å². The van der Waals surface area contributed by atoms with Gasteiger partial charge >= 0.3 is 0 Å². The Morgan fingerprint density at radius 3 is 2.87 bits per heavy atom. The summed E-state index contributed by atoms with van der Waals surface area (Å²) in [7, 11) is 1.74. The van der Waals surface area contributed by atoms with Gasteiger partial charge in [-0.1, -0.05) is 41.6 Å². The number of ether oxygens (including phenoxy) is 1. The summed E-state index contributed by atoms with van der Waals surface area (Å²) in [5.74, 6) is 1.42. The van der Waals surface area contributed by atoms with Gasteiger partial charge in [0, 0.05) is 17.8 Å². The van der Waals surface area contributed by atoms with Crippen molar-refractivity contribution in [2.75, 3.05) is 12.4 Å². The summed E-state index contributed by atoms with van der Waals surface area (Å²) >= 11 is 7.41. The lowest BCUT2D eigenvalue weighted by molar-refractivity contribution is 0.344. The van der Waals surface area contributed by atoms with Gasteiger partial charge in [-0.2, -0.15) is 0 Å². The predicted octanol–water partition coefficient (Wildman–Crippen LogP) is 3.76. The van der Waals surface area contributed by atoms with E-state index in [9.17, 15) is 4.79 Å². The molecule has 0 aliphatic carbocycles. The molecule has 0 saturated heterocycles. The fourth-order valence-corrected chi connectivity index (χ4v) is 3.14. The second-order valence-corrected chi connectivity index (χ2v) is 6.43. The molecule has 0 spiro atoms. The molecule has 0 atom stereocenters. The van der Waals surface area contributed by atoms with Crippen LogP contribution in [0.1, 0.15) is 0 Å².